The number of aryl methyl sites for hydroxylation is 1. The Bertz CT molecular complexity index is 947. The summed E-state index contributed by atoms with van der Waals surface area (Å²) < 4.78 is 27.9. The third-order valence-corrected chi connectivity index (χ3v) is 6.19. The number of nitrogens with one attached hydrogen (secondary N) is 1. The molecule has 0 bridgehead atoms. The van der Waals surface area contributed by atoms with Gasteiger partial charge in [0.2, 0.25) is 11.8 Å². The lowest BCUT2D eigenvalue weighted by Gasteiger charge is -2.34. The summed E-state index contributed by atoms with van der Waals surface area (Å²) in [6.45, 7) is 0.394. The number of carbonyl (C=O) groups is 2. The number of halogens is 4. The molecule has 0 saturated carbocycles. The molecule has 1 aliphatic rings. The van der Waals surface area contributed by atoms with Crippen LogP contribution in [0.2, 0.25) is 5.02 Å². The summed E-state index contributed by atoms with van der Waals surface area (Å²) in [5.74, 6) is -1.26. The van der Waals surface area contributed by atoms with Crippen molar-refractivity contribution in [1.82, 2.24) is 5.32 Å². The summed E-state index contributed by atoms with van der Waals surface area (Å²) >= 11 is 10.0. The van der Waals surface area contributed by atoms with E-state index in [1.807, 2.05) is 6.07 Å². The highest BCUT2D eigenvalue weighted by Gasteiger charge is 2.30. The first-order chi connectivity index (χ1) is 14.3. The van der Waals surface area contributed by atoms with Crippen LogP contribution in [0, 0.1) is 17.6 Å². The third kappa shape index (κ3) is 5.38. The number of nitrogens with zero attached hydrogens (tertiary/aromatic N) is 1. The molecule has 0 aromatic heterocycles. The topological polar surface area (TPSA) is 49.4 Å². The Morgan fingerprint density at radius 1 is 1.30 bits per heavy atom. The van der Waals surface area contributed by atoms with Crippen molar-refractivity contribution >= 4 is 45.0 Å². The van der Waals surface area contributed by atoms with Gasteiger partial charge in [0, 0.05) is 37.0 Å². The van der Waals surface area contributed by atoms with E-state index < -0.39 is 11.6 Å². The molecular weight excluding hydrogens is 478 g/mol. The van der Waals surface area contributed by atoms with Crippen LogP contribution >= 0.6 is 27.5 Å². The Morgan fingerprint density at radius 3 is 2.73 bits per heavy atom. The van der Waals surface area contributed by atoms with Crippen LogP contribution in [0.3, 0.4) is 0 Å². The zero-order valence-corrected chi connectivity index (χ0v) is 18.8. The summed E-state index contributed by atoms with van der Waals surface area (Å²) in [7, 11) is 1.59. The zero-order valence-electron chi connectivity index (χ0n) is 16.5. The quantitative estimate of drug-likeness (QED) is 0.605. The number of carbonyl (C=O) groups excluding carboxylic acids is 2. The van der Waals surface area contributed by atoms with Gasteiger partial charge in [-0.3, -0.25) is 9.59 Å². The minimum atomic E-state index is -0.607. The van der Waals surface area contributed by atoms with Crippen molar-refractivity contribution < 1.29 is 18.4 Å². The van der Waals surface area contributed by atoms with Crippen LogP contribution in [0.4, 0.5) is 14.5 Å². The summed E-state index contributed by atoms with van der Waals surface area (Å²) in [6, 6.07) is 7.21. The molecule has 1 heterocycles. The van der Waals surface area contributed by atoms with Crippen LogP contribution in [0.15, 0.2) is 34.8 Å². The summed E-state index contributed by atoms with van der Waals surface area (Å²) in [6.07, 6.45) is 2.24. The number of rotatable bonds is 6. The van der Waals surface area contributed by atoms with Crippen molar-refractivity contribution in [2.75, 3.05) is 18.5 Å². The van der Waals surface area contributed by atoms with Gasteiger partial charge in [-0.15, -0.1) is 0 Å². The molecule has 0 radical (unpaired) electrons. The van der Waals surface area contributed by atoms with Gasteiger partial charge in [0.25, 0.3) is 0 Å². The van der Waals surface area contributed by atoms with E-state index in [2.05, 4.69) is 21.2 Å². The normalized spacial score (nSPS) is 16.6. The maximum absolute atomic E-state index is 14.1. The maximum atomic E-state index is 14.1. The van der Waals surface area contributed by atoms with Crippen LogP contribution in [0.5, 0.6) is 0 Å². The van der Waals surface area contributed by atoms with Crippen molar-refractivity contribution in [3.63, 3.8) is 0 Å². The standard InChI is InChI=1S/C22H22BrClF2N2O2/c1-27-20(29)6-2-13-9-17(23)22(18(24)10-13)28-12-14(3-7-21(28)30)8-15-4-5-16(25)11-19(15)26/h4-5,9-11,14H,2-3,6-8,12H2,1H3,(H,27,29). The van der Waals surface area contributed by atoms with E-state index in [-0.39, 0.29) is 17.7 Å². The lowest BCUT2D eigenvalue weighted by Crippen LogP contribution is -2.41. The molecule has 0 spiro atoms. The SMILES string of the molecule is CNC(=O)CCc1cc(Cl)c(N2CC(Cc3ccc(F)cc3F)CCC2=O)c(Br)c1. The summed E-state index contributed by atoms with van der Waals surface area (Å²) in [5.41, 5.74) is 1.90. The van der Waals surface area contributed by atoms with Gasteiger partial charge in [-0.25, -0.2) is 8.78 Å². The van der Waals surface area contributed by atoms with Crippen molar-refractivity contribution in [2.24, 2.45) is 5.92 Å². The minimum Gasteiger partial charge on any atom is -0.359 e. The average molecular weight is 500 g/mol. The van der Waals surface area contributed by atoms with E-state index in [1.165, 1.54) is 12.1 Å². The Hall–Kier alpha value is -1.99. The number of hydrogen-bond acceptors (Lipinski definition) is 2. The largest absolute Gasteiger partial charge is 0.359 e. The summed E-state index contributed by atoms with van der Waals surface area (Å²) in [4.78, 5) is 25.7. The van der Waals surface area contributed by atoms with Gasteiger partial charge in [-0.1, -0.05) is 17.7 Å². The first-order valence-corrected chi connectivity index (χ1v) is 10.9. The van der Waals surface area contributed by atoms with Gasteiger partial charge < -0.3 is 10.2 Å². The van der Waals surface area contributed by atoms with Gasteiger partial charge in [0.15, 0.2) is 0 Å². The molecule has 1 saturated heterocycles. The molecule has 2 amide bonds. The molecule has 2 aromatic carbocycles. The number of amides is 2. The molecule has 30 heavy (non-hydrogen) atoms. The van der Waals surface area contributed by atoms with Crippen LogP contribution in [0.25, 0.3) is 0 Å². The second-order valence-electron chi connectivity index (χ2n) is 7.43. The lowest BCUT2D eigenvalue weighted by atomic mass is 9.90. The van der Waals surface area contributed by atoms with Gasteiger partial charge in [0.05, 0.1) is 10.7 Å². The van der Waals surface area contributed by atoms with Gasteiger partial charge in [-0.2, -0.15) is 0 Å². The predicted molar refractivity (Wildman–Crippen MR) is 117 cm³/mol. The van der Waals surface area contributed by atoms with E-state index in [4.69, 9.17) is 11.6 Å². The van der Waals surface area contributed by atoms with Crippen molar-refractivity contribution in [2.45, 2.75) is 32.1 Å². The highest BCUT2D eigenvalue weighted by Crippen LogP contribution is 2.38. The molecule has 1 fully saturated rings. The fourth-order valence-electron chi connectivity index (χ4n) is 3.70. The van der Waals surface area contributed by atoms with Gasteiger partial charge >= 0.3 is 0 Å². The molecule has 0 aliphatic carbocycles. The van der Waals surface area contributed by atoms with Crippen LogP contribution < -0.4 is 10.2 Å². The minimum absolute atomic E-state index is 0.0264. The fourth-order valence-corrected chi connectivity index (χ4v) is 4.88. The number of benzene rings is 2. The molecule has 160 valence electrons. The highest BCUT2D eigenvalue weighted by molar-refractivity contribution is 9.10. The second kappa shape index (κ2) is 9.88. The average Bonchev–Trinajstić information content (AvgIpc) is 2.70. The first-order valence-electron chi connectivity index (χ1n) is 9.71. The fraction of sp³-hybridized carbons (Fsp3) is 0.364. The smallest absolute Gasteiger partial charge is 0.227 e. The molecule has 3 rings (SSSR count). The van der Waals surface area contributed by atoms with E-state index in [0.29, 0.717) is 59.4 Å². The predicted octanol–water partition coefficient (Wildman–Crippen LogP) is 5.05. The maximum Gasteiger partial charge on any atom is 0.227 e. The molecule has 2 aromatic rings. The van der Waals surface area contributed by atoms with E-state index in [1.54, 1.807) is 18.0 Å². The Balaban J connectivity index is 1.78. The Kier molecular flexibility index (Phi) is 7.47. The molecule has 1 aliphatic heterocycles. The molecule has 1 unspecified atom stereocenters. The van der Waals surface area contributed by atoms with E-state index in [0.717, 1.165) is 11.6 Å². The number of hydrogen-bond donors (Lipinski definition) is 1. The van der Waals surface area contributed by atoms with Crippen molar-refractivity contribution in [1.29, 1.82) is 0 Å². The van der Waals surface area contributed by atoms with Crippen molar-refractivity contribution in [3.8, 4) is 0 Å². The molecule has 1 atom stereocenters. The molecular formula is C22H22BrClF2N2O2. The van der Waals surface area contributed by atoms with E-state index in [9.17, 15) is 18.4 Å². The second-order valence-corrected chi connectivity index (χ2v) is 8.69. The monoisotopic (exact) mass is 498 g/mol. The third-order valence-electron chi connectivity index (χ3n) is 5.30. The van der Waals surface area contributed by atoms with Crippen LogP contribution in [0.1, 0.15) is 30.4 Å². The zero-order chi connectivity index (χ0) is 21.8. The lowest BCUT2D eigenvalue weighted by molar-refractivity contribution is -0.121. The van der Waals surface area contributed by atoms with Gasteiger partial charge in [-0.05, 0) is 70.4 Å². The van der Waals surface area contributed by atoms with Crippen LogP contribution in [-0.4, -0.2) is 25.4 Å². The van der Waals surface area contributed by atoms with Crippen molar-refractivity contribution in [3.05, 3.63) is 62.6 Å². The Morgan fingerprint density at radius 2 is 2.07 bits per heavy atom. The molecule has 8 heteroatoms. The number of anilines is 1. The van der Waals surface area contributed by atoms with Gasteiger partial charge in [0.1, 0.15) is 11.6 Å². The Labute approximate surface area is 187 Å². The molecule has 4 nitrogen and oxygen atoms in total. The summed E-state index contributed by atoms with van der Waals surface area (Å²) in [5, 5.41) is 3.00. The van der Waals surface area contributed by atoms with Crippen LogP contribution in [-0.2, 0) is 22.4 Å². The molecule has 1 N–H and O–H groups in total. The van der Waals surface area contributed by atoms with E-state index >= 15 is 0 Å². The highest BCUT2D eigenvalue weighted by atomic mass is 79.9. The first kappa shape index (κ1) is 22.7. The number of piperidine rings is 1.